The first-order chi connectivity index (χ1) is 3.39. The minimum Gasteiger partial charge on any atom is -0.594 e. The Kier molecular flexibility index (Phi) is 0.856. The quantitative estimate of drug-likeness (QED) is 0.304. The zero-order valence-electron chi connectivity index (χ0n) is 3.40. The van der Waals surface area contributed by atoms with Gasteiger partial charge in [-0.1, -0.05) is 4.85 Å². The topological polar surface area (TPSA) is 52.7 Å². The molecule has 1 rings (SSSR count). The van der Waals surface area contributed by atoms with Crippen LogP contribution in [-0.2, 0) is 0 Å². The van der Waals surface area contributed by atoms with Gasteiger partial charge in [0.15, 0.2) is 0 Å². The first-order valence-electron chi connectivity index (χ1n) is 1.68. The summed E-state index contributed by atoms with van der Waals surface area (Å²) in [6.45, 7) is 0. The number of aromatic nitrogens is 3. The van der Waals surface area contributed by atoms with E-state index in [9.17, 15) is 5.21 Å². The van der Waals surface area contributed by atoms with Gasteiger partial charge in [-0.15, -0.1) is 0 Å². The maximum atomic E-state index is 10.0. The lowest BCUT2D eigenvalue weighted by molar-refractivity contribution is -0.670. The van der Waals surface area contributed by atoms with Crippen molar-refractivity contribution in [2.24, 2.45) is 0 Å². The van der Waals surface area contributed by atoms with Gasteiger partial charge in [-0.25, -0.2) is 4.98 Å². The monoisotopic (exact) mass is 96.0 g/mol. The molecule has 1 aromatic heterocycles. The fourth-order valence-corrected chi connectivity index (χ4v) is 0.227. The highest BCUT2D eigenvalue weighted by Gasteiger charge is 1.79. The highest BCUT2D eigenvalue weighted by molar-refractivity contribution is 4.52. The van der Waals surface area contributed by atoms with Crippen molar-refractivity contribution in [2.75, 3.05) is 0 Å². The van der Waals surface area contributed by atoms with Gasteiger partial charge in [0.25, 0.3) is 6.33 Å². The zero-order chi connectivity index (χ0) is 5.11. The fourth-order valence-electron chi connectivity index (χ4n) is 0.227. The SMILES string of the molecule is [O-][n+]1ccn[c]n1. The third kappa shape index (κ3) is 0.819. The van der Waals surface area contributed by atoms with E-state index in [1.165, 1.54) is 12.4 Å². The highest BCUT2D eigenvalue weighted by Crippen LogP contribution is 1.56. The van der Waals surface area contributed by atoms with Crippen LogP contribution in [0.1, 0.15) is 0 Å². The molecule has 0 fully saturated rings. The summed E-state index contributed by atoms with van der Waals surface area (Å²) in [5, 5.41) is 13.1. The van der Waals surface area contributed by atoms with Gasteiger partial charge in [0, 0.05) is 5.10 Å². The van der Waals surface area contributed by atoms with Crippen LogP contribution in [0.5, 0.6) is 0 Å². The number of hydrogen-bond donors (Lipinski definition) is 0. The molecular formula is C3H2N3O. The van der Waals surface area contributed by atoms with Gasteiger partial charge in [-0.05, 0) is 0 Å². The highest BCUT2D eigenvalue weighted by atomic mass is 16.5. The summed E-state index contributed by atoms with van der Waals surface area (Å²) < 4.78 is 0. The van der Waals surface area contributed by atoms with Crippen LogP contribution in [0.2, 0.25) is 0 Å². The smallest absolute Gasteiger partial charge is 0.272 e. The van der Waals surface area contributed by atoms with E-state index in [2.05, 4.69) is 16.4 Å². The maximum Gasteiger partial charge on any atom is 0.272 e. The van der Waals surface area contributed by atoms with Gasteiger partial charge in [-0.2, -0.15) is 0 Å². The summed E-state index contributed by atoms with van der Waals surface area (Å²) in [4.78, 5) is 3.77. The predicted molar refractivity (Wildman–Crippen MR) is 19.8 cm³/mol. The third-order valence-electron chi connectivity index (χ3n) is 0.470. The second kappa shape index (κ2) is 1.51. The van der Waals surface area contributed by atoms with Crippen LogP contribution in [0.4, 0.5) is 0 Å². The van der Waals surface area contributed by atoms with Crippen molar-refractivity contribution in [3.8, 4) is 0 Å². The second-order valence-corrected chi connectivity index (χ2v) is 0.930. The number of rotatable bonds is 0. The van der Waals surface area contributed by atoms with Gasteiger partial charge in [0.05, 0.1) is 6.20 Å². The van der Waals surface area contributed by atoms with Crippen LogP contribution in [0.15, 0.2) is 12.4 Å². The maximum absolute atomic E-state index is 10.0. The van der Waals surface area contributed by atoms with Gasteiger partial charge in [-0.3, -0.25) is 0 Å². The Morgan fingerprint density at radius 2 is 2.57 bits per heavy atom. The summed E-state index contributed by atoms with van der Waals surface area (Å²) in [6.07, 6.45) is 4.62. The molecule has 4 heteroatoms. The van der Waals surface area contributed by atoms with Crippen molar-refractivity contribution >= 4 is 0 Å². The molecule has 7 heavy (non-hydrogen) atoms. The molecule has 0 atom stereocenters. The molecule has 1 aromatic rings. The molecule has 1 heterocycles. The van der Waals surface area contributed by atoms with E-state index in [1.807, 2.05) is 0 Å². The zero-order valence-corrected chi connectivity index (χ0v) is 3.40. The molecule has 1 radical (unpaired) electrons. The van der Waals surface area contributed by atoms with Crippen LogP contribution in [-0.4, -0.2) is 10.1 Å². The number of nitrogens with zero attached hydrogens (tertiary/aromatic N) is 3. The Hall–Kier alpha value is -1.19. The molecule has 0 aliphatic carbocycles. The van der Waals surface area contributed by atoms with Crippen LogP contribution < -0.4 is 4.85 Å². The van der Waals surface area contributed by atoms with E-state index in [4.69, 9.17) is 0 Å². The van der Waals surface area contributed by atoms with Crippen molar-refractivity contribution in [2.45, 2.75) is 0 Å². The Morgan fingerprint density at radius 3 is 2.86 bits per heavy atom. The Morgan fingerprint density at radius 1 is 1.71 bits per heavy atom. The average Bonchev–Trinajstić information content (AvgIpc) is 1.69. The van der Waals surface area contributed by atoms with Crippen LogP contribution >= 0.6 is 0 Å². The largest absolute Gasteiger partial charge is 0.594 e. The normalized spacial score (nSPS) is 8.57. The van der Waals surface area contributed by atoms with E-state index in [0.29, 0.717) is 4.85 Å². The fraction of sp³-hybridized carbons (Fsp3) is 0. The minimum atomic E-state index is 0.382. The molecule has 0 N–H and O–H groups in total. The minimum absolute atomic E-state index is 0.382. The molecule has 0 amide bonds. The number of hydrogen-bond acceptors (Lipinski definition) is 3. The van der Waals surface area contributed by atoms with E-state index in [0.717, 1.165) is 0 Å². The summed E-state index contributed by atoms with van der Waals surface area (Å²) >= 11 is 0. The Labute approximate surface area is 40.0 Å². The molecule has 0 saturated heterocycles. The summed E-state index contributed by atoms with van der Waals surface area (Å²) in [5.74, 6) is 0. The van der Waals surface area contributed by atoms with Crippen LogP contribution in [0, 0.1) is 11.5 Å². The van der Waals surface area contributed by atoms with E-state index < -0.39 is 0 Å². The van der Waals surface area contributed by atoms with Crippen LogP contribution in [0.25, 0.3) is 0 Å². The molecule has 0 aliphatic rings. The van der Waals surface area contributed by atoms with Crippen molar-refractivity contribution in [3.05, 3.63) is 23.9 Å². The van der Waals surface area contributed by atoms with Crippen LogP contribution in [0.3, 0.4) is 0 Å². The van der Waals surface area contributed by atoms with Gasteiger partial charge in [0.1, 0.15) is 0 Å². The molecule has 0 saturated carbocycles. The lowest BCUT2D eigenvalue weighted by Gasteiger charge is -1.83. The predicted octanol–water partition coefficient (Wildman–Crippen LogP) is -1.09. The molecule has 0 aromatic carbocycles. The first kappa shape index (κ1) is 3.98. The third-order valence-corrected chi connectivity index (χ3v) is 0.470. The molecule has 4 nitrogen and oxygen atoms in total. The van der Waals surface area contributed by atoms with E-state index in [-0.39, 0.29) is 0 Å². The van der Waals surface area contributed by atoms with Crippen molar-refractivity contribution in [1.29, 1.82) is 0 Å². The Bertz CT molecular complexity index is 140. The second-order valence-electron chi connectivity index (χ2n) is 0.930. The summed E-state index contributed by atoms with van der Waals surface area (Å²) in [6, 6.07) is 0. The average molecular weight is 96.1 g/mol. The molecule has 0 aliphatic heterocycles. The standard InChI is InChI=1S/C3H2N3O/c7-6-2-1-4-3-5-6/h1-2H. The first-order valence-corrected chi connectivity index (χ1v) is 1.68. The van der Waals surface area contributed by atoms with Crippen molar-refractivity contribution in [3.63, 3.8) is 0 Å². The molecule has 0 bridgehead atoms. The van der Waals surface area contributed by atoms with E-state index >= 15 is 0 Å². The summed E-state index contributed by atoms with van der Waals surface area (Å²) in [5.41, 5.74) is 0. The van der Waals surface area contributed by atoms with E-state index in [1.54, 1.807) is 0 Å². The molecular weight excluding hydrogens is 94.1 g/mol. The van der Waals surface area contributed by atoms with Crippen molar-refractivity contribution in [1.82, 2.24) is 10.1 Å². The summed E-state index contributed by atoms with van der Waals surface area (Å²) in [7, 11) is 0. The Balaban J connectivity index is 3.02. The molecule has 0 spiro atoms. The van der Waals surface area contributed by atoms with Crippen molar-refractivity contribution < 1.29 is 4.85 Å². The van der Waals surface area contributed by atoms with Gasteiger partial charge in [0.2, 0.25) is 6.20 Å². The lowest BCUT2D eigenvalue weighted by Crippen LogP contribution is -2.29. The lowest BCUT2D eigenvalue weighted by atomic mass is 10.9. The molecule has 35 valence electrons. The van der Waals surface area contributed by atoms with Gasteiger partial charge < -0.3 is 5.21 Å². The van der Waals surface area contributed by atoms with Gasteiger partial charge >= 0.3 is 0 Å². The molecule has 0 unspecified atom stereocenters.